The molecule has 0 aliphatic heterocycles. The first kappa shape index (κ1) is 11.4. The molecular formula is C10H6ClN3S2. The lowest BCUT2D eigenvalue weighted by atomic mass is 10.2. The van der Waals surface area contributed by atoms with Gasteiger partial charge >= 0.3 is 0 Å². The summed E-state index contributed by atoms with van der Waals surface area (Å²) < 4.78 is 0.873. The number of hydrogen-bond donors (Lipinski definition) is 0. The van der Waals surface area contributed by atoms with Gasteiger partial charge < -0.3 is 0 Å². The number of nitrogens with zero attached hydrogens (tertiary/aromatic N) is 3. The molecule has 0 saturated heterocycles. The number of halogens is 1. The quantitative estimate of drug-likeness (QED) is 0.835. The van der Waals surface area contributed by atoms with E-state index in [1.165, 1.54) is 23.1 Å². The van der Waals surface area contributed by atoms with Crippen molar-refractivity contribution in [3.63, 3.8) is 0 Å². The van der Waals surface area contributed by atoms with E-state index in [-0.39, 0.29) is 0 Å². The Labute approximate surface area is 106 Å². The van der Waals surface area contributed by atoms with Gasteiger partial charge in [0.2, 0.25) is 0 Å². The van der Waals surface area contributed by atoms with Gasteiger partial charge in [0.25, 0.3) is 0 Å². The standard InChI is InChI=1S/C10H6ClN3S2/c1-6-13-14-10(15-6)16-8-3-2-7(5-12)9(11)4-8/h2-4H,1H3. The normalized spacial score (nSPS) is 10.1. The number of rotatable bonds is 2. The van der Waals surface area contributed by atoms with Crippen LogP contribution in [0.5, 0.6) is 0 Å². The second-order valence-electron chi connectivity index (χ2n) is 2.94. The predicted molar refractivity (Wildman–Crippen MR) is 64.9 cm³/mol. The minimum absolute atomic E-state index is 0.466. The van der Waals surface area contributed by atoms with Gasteiger partial charge in [-0.05, 0) is 25.1 Å². The van der Waals surface area contributed by atoms with Gasteiger partial charge in [-0.1, -0.05) is 34.7 Å². The highest BCUT2D eigenvalue weighted by Crippen LogP contribution is 2.32. The summed E-state index contributed by atoms with van der Waals surface area (Å²) in [6, 6.07) is 7.35. The molecule has 0 aliphatic carbocycles. The summed E-state index contributed by atoms with van der Waals surface area (Å²) in [5, 5.41) is 18.1. The van der Waals surface area contributed by atoms with Crippen LogP contribution < -0.4 is 0 Å². The van der Waals surface area contributed by atoms with Crippen LogP contribution in [-0.2, 0) is 0 Å². The van der Waals surface area contributed by atoms with Gasteiger partial charge in [-0.2, -0.15) is 5.26 Å². The zero-order chi connectivity index (χ0) is 11.5. The van der Waals surface area contributed by atoms with E-state index in [4.69, 9.17) is 16.9 Å². The lowest BCUT2D eigenvalue weighted by Crippen LogP contribution is -1.78. The summed E-state index contributed by atoms with van der Waals surface area (Å²) in [6.45, 7) is 1.91. The van der Waals surface area contributed by atoms with Crippen molar-refractivity contribution in [1.82, 2.24) is 10.2 Å². The molecule has 0 atom stereocenters. The maximum absolute atomic E-state index is 8.74. The summed E-state index contributed by atoms with van der Waals surface area (Å²) >= 11 is 8.96. The molecule has 80 valence electrons. The van der Waals surface area contributed by atoms with Crippen molar-refractivity contribution in [2.75, 3.05) is 0 Å². The summed E-state index contributed by atoms with van der Waals surface area (Å²) in [5.41, 5.74) is 0.486. The molecule has 0 fully saturated rings. The highest BCUT2D eigenvalue weighted by atomic mass is 35.5. The zero-order valence-corrected chi connectivity index (χ0v) is 10.7. The Balaban J connectivity index is 2.23. The van der Waals surface area contributed by atoms with Crippen LogP contribution in [0, 0.1) is 18.3 Å². The van der Waals surface area contributed by atoms with Crippen LogP contribution in [0.15, 0.2) is 27.4 Å². The molecule has 1 aromatic heterocycles. The lowest BCUT2D eigenvalue weighted by Gasteiger charge is -1.99. The van der Waals surface area contributed by atoms with Crippen molar-refractivity contribution in [3.8, 4) is 6.07 Å². The topological polar surface area (TPSA) is 49.6 Å². The van der Waals surface area contributed by atoms with Gasteiger partial charge in [0.15, 0.2) is 4.34 Å². The third-order valence-corrected chi connectivity index (χ3v) is 3.97. The molecule has 3 nitrogen and oxygen atoms in total. The summed E-state index contributed by atoms with van der Waals surface area (Å²) in [6.07, 6.45) is 0. The van der Waals surface area contributed by atoms with E-state index in [9.17, 15) is 0 Å². The number of nitriles is 1. The SMILES string of the molecule is Cc1nnc(Sc2ccc(C#N)c(Cl)c2)s1. The van der Waals surface area contributed by atoms with Crippen molar-refractivity contribution in [2.24, 2.45) is 0 Å². The Morgan fingerprint density at radius 2 is 2.25 bits per heavy atom. The van der Waals surface area contributed by atoms with Crippen LogP contribution in [0.4, 0.5) is 0 Å². The van der Waals surface area contributed by atoms with Crippen LogP contribution in [-0.4, -0.2) is 10.2 Å². The minimum atomic E-state index is 0.466. The molecule has 0 spiro atoms. The fraction of sp³-hybridized carbons (Fsp3) is 0.100. The van der Waals surface area contributed by atoms with E-state index in [1.54, 1.807) is 12.1 Å². The highest BCUT2D eigenvalue weighted by molar-refractivity contribution is 8.01. The third kappa shape index (κ3) is 2.53. The Kier molecular flexibility index (Phi) is 3.44. The average Bonchev–Trinajstić information content (AvgIpc) is 2.64. The van der Waals surface area contributed by atoms with E-state index in [1.807, 2.05) is 19.1 Å². The van der Waals surface area contributed by atoms with Gasteiger partial charge in [0, 0.05) is 4.90 Å². The molecule has 2 rings (SSSR count). The molecule has 0 radical (unpaired) electrons. The number of hydrogen-bond acceptors (Lipinski definition) is 5. The van der Waals surface area contributed by atoms with Gasteiger partial charge in [-0.25, -0.2) is 0 Å². The molecule has 1 heterocycles. The van der Waals surface area contributed by atoms with E-state index in [2.05, 4.69) is 10.2 Å². The average molecular weight is 268 g/mol. The second-order valence-corrected chi connectivity index (χ2v) is 5.85. The molecular weight excluding hydrogens is 262 g/mol. The van der Waals surface area contributed by atoms with Crippen molar-refractivity contribution >= 4 is 34.7 Å². The summed E-state index contributed by atoms with van der Waals surface area (Å²) in [5.74, 6) is 0. The fourth-order valence-corrected chi connectivity index (χ4v) is 3.19. The van der Waals surface area contributed by atoms with Crippen molar-refractivity contribution < 1.29 is 0 Å². The predicted octanol–water partition coefficient (Wildman–Crippen LogP) is 3.52. The van der Waals surface area contributed by atoms with Crippen LogP contribution in [0.2, 0.25) is 5.02 Å². The van der Waals surface area contributed by atoms with Crippen LogP contribution in [0.3, 0.4) is 0 Å². The largest absolute Gasteiger partial charge is 0.192 e. The molecule has 0 bridgehead atoms. The Morgan fingerprint density at radius 3 is 2.81 bits per heavy atom. The molecule has 0 N–H and O–H groups in total. The molecule has 0 unspecified atom stereocenters. The Hall–Kier alpha value is -1.09. The number of aromatic nitrogens is 2. The molecule has 0 aliphatic rings. The number of benzene rings is 1. The van der Waals surface area contributed by atoms with Gasteiger partial charge in [0.05, 0.1) is 10.6 Å². The highest BCUT2D eigenvalue weighted by Gasteiger charge is 2.05. The molecule has 0 saturated carbocycles. The lowest BCUT2D eigenvalue weighted by molar-refractivity contribution is 0.984. The Morgan fingerprint density at radius 1 is 1.44 bits per heavy atom. The first-order chi connectivity index (χ1) is 7.69. The van der Waals surface area contributed by atoms with Crippen LogP contribution in [0.25, 0.3) is 0 Å². The van der Waals surface area contributed by atoms with Gasteiger partial charge in [-0.15, -0.1) is 10.2 Å². The van der Waals surface area contributed by atoms with Crippen molar-refractivity contribution in [2.45, 2.75) is 16.2 Å². The molecule has 16 heavy (non-hydrogen) atoms. The molecule has 0 amide bonds. The van der Waals surface area contributed by atoms with Gasteiger partial charge in [0.1, 0.15) is 11.1 Å². The first-order valence-corrected chi connectivity index (χ1v) is 6.38. The Bertz CT molecular complexity index is 559. The third-order valence-electron chi connectivity index (χ3n) is 1.77. The van der Waals surface area contributed by atoms with Crippen molar-refractivity contribution in [1.29, 1.82) is 5.26 Å². The monoisotopic (exact) mass is 267 g/mol. The zero-order valence-electron chi connectivity index (χ0n) is 8.27. The van der Waals surface area contributed by atoms with E-state index >= 15 is 0 Å². The minimum Gasteiger partial charge on any atom is -0.192 e. The van der Waals surface area contributed by atoms with E-state index < -0.39 is 0 Å². The van der Waals surface area contributed by atoms with Crippen molar-refractivity contribution in [3.05, 3.63) is 33.8 Å². The first-order valence-electron chi connectivity index (χ1n) is 4.36. The summed E-state index contributed by atoms with van der Waals surface area (Å²) in [4.78, 5) is 0.958. The molecule has 1 aromatic carbocycles. The number of aryl methyl sites for hydroxylation is 1. The molecule has 2 aromatic rings. The molecule has 6 heteroatoms. The van der Waals surface area contributed by atoms with Crippen LogP contribution in [0.1, 0.15) is 10.6 Å². The second kappa shape index (κ2) is 4.83. The van der Waals surface area contributed by atoms with E-state index in [0.29, 0.717) is 10.6 Å². The maximum atomic E-state index is 8.74. The smallest absolute Gasteiger partial charge is 0.179 e. The van der Waals surface area contributed by atoms with E-state index in [0.717, 1.165) is 14.2 Å². The van der Waals surface area contributed by atoms with Crippen LogP contribution >= 0.6 is 34.7 Å². The summed E-state index contributed by atoms with van der Waals surface area (Å²) in [7, 11) is 0. The fourth-order valence-electron chi connectivity index (χ4n) is 1.07. The maximum Gasteiger partial charge on any atom is 0.179 e. The van der Waals surface area contributed by atoms with Gasteiger partial charge in [-0.3, -0.25) is 0 Å².